The fourth-order valence-electron chi connectivity index (χ4n) is 2.58. The van der Waals surface area contributed by atoms with E-state index in [1.807, 2.05) is 36.4 Å². The lowest BCUT2D eigenvalue weighted by Crippen LogP contribution is -2.23. The van der Waals surface area contributed by atoms with Crippen LogP contribution in [-0.2, 0) is 20.5 Å². The van der Waals surface area contributed by atoms with Crippen LogP contribution in [0.5, 0.6) is 0 Å². The van der Waals surface area contributed by atoms with Crippen molar-refractivity contribution < 1.29 is 27.5 Å². The Morgan fingerprint density at radius 1 is 1.06 bits per heavy atom. The summed E-state index contributed by atoms with van der Waals surface area (Å²) in [5.74, 6) is -1.70. The Kier molecular flexibility index (Phi) is 7.76. The fraction of sp³-hybridized carbons (Fsp3) is 0.136. The average Bonchev–Trinajstić information content (AvgIpc) is 2.78. The molecule has 0 radical (unpaired) electrons. The summed E-state index contributed by atoms with van der Waals surface area (Å²) in [7, 11) is 0. The number of pyridine rings is 1. The van der Waals surface area contributed by atoms with Gasteiger partial charge in [0, 0.05) is 11.1 Å². The number of thioether (sulfide) groups is 1. The standard InChI is InChI=1S/C22H16ClF3N2O3S/c23-17-11-15(22(24,25)26)12-27-20(17)28-18(29)13-31-21(30)19(14-7-3-1-4-8-14)32-16-9-5-2-6-10-16/h1-12,19H,13H2,(H,27,28,29)/t19-/m0/s1. The van der Waals surface area contributed by atoms with Crippen LogP contribution < -0.4 is 5.32 Å². The van der Waals surface area contributed by atoms with Crippen LogP contribution in [-0.4, -0.2) is 23.5 Å². The molecule has 166 valence electrons. The van der Waals surface area contributed by atoms with Gasteiger partial charge in [-0.05, 0) is 23.8 Å². The summed E-state index contributed by atoms with van der Waals surface area (Å²) in [6.45, 7) is -0.656. The minimum absolute atomic E-state index is 0.265. The van der Waals surface area contributed by atoms with Gasteiger partial charge in [0.05, 0.1) is 10.6 Å². The van der Waals surface area contributed by atoms with E-state index in [4.69, 9.17) is 16.3 Å². The van der Waals surface area contributed by atoms with E-state index in [1.54, 1.807) is 24.3 Å². The first kappa shape index (κ1) is 23.6. The monoisotopic (exact) mass is 480 g/mol. The second-order valence-corrected chi connectivity index (χ2v) is 8.02. The summed E-state index contributed by atoms with van der Waals surface area (Å²) >= 11 is 7.04. The number of halogens is 4. The maximum Gasteiger partial charge on any atom is 0.417 e. The average molecular weight is 481 g/mol. The third-order valence-electron chi connectivity index (χ3n) is 4.09. The lowest BCUT2D eigenvalue weighted by atomic mass is 10.1. The number of hydrogen-bond donors (Lipinski definition) is 1. The predicted molar refractivity (Wildman–Crippen MR) is 115 cm³/mol. The van der Waals surface area contributed by atoms with Gasteiger partial charge in [0.15, 0.2) is 12.4 Å². The van der Waals surface area contributed by atoms with E-state index in [9.17, 15) is 22.8 Å². The van der Waals surface area contributed by atoms with Gasteiger partial charge in [-0.25, -0.2) is 4.98 Å². The molecule has 1 N–H and O–H groups in total. The summed E-state index contributed by atoms with van der Waals surface area (Å²) in [5.41, 5.74) is -0.352. The van der Waals surface area contributed by atoms with Gasteiger partial charge in [0.2, 0.25) is 0 Å². The maximum atomic E-state index is 12.7. The van der Waals surface area contributed by atoms with E-state index >= 15 is 0 Å². The number of alkyl halides is 3. The van der Waals surface area contributed by atoms with Gasteiger partial charge in [-0.1, -0.05) is 60.1 Å². The molecule has 1 heterocycles. The molecule has 3 rings (SSSR count). The molecule has 2 aromatic carbocycles. The Morgan fingerprint density at radius 3 is 2.28 bits per heavy atom. The number of ether oxygens (including phenoxy) is 1. The minimum Gasteiger partial charge on any atom is -0.454 e. The number of nitrogens with one attached hydrogen (secondary N) is 1. The molecule has 3 aromatic rings. The minimum atomic E-state index is -4.61. The molecular weight excluding hydrogens is 465 g/mol. The van der Waals surface area contributed by atoms with Crippen LogP contribution >= 0.6 is 23.4 Å². The van der Waals surface area contributed by atoms with Crippen molar-refractivity contribution in [2.75, 3.05) is 11.9 Å². The van der Waals surface area contributed by atoms with Crippen LogP contribution in [0.15, 0.2) is 77.8 Å². The van der Waals surface area contributed by atoms with Crippen molar-refractivity contribution in [3.8, 4) is 0 Å². The van der Waals surface area contributed by atoms with Gasteiger partial charge < -0.3 is 10.1 Å². The number of esters is 1. The molecule has 0 unspecified atom stereocenters. The molecule has 0 bridgehead atoms. The van der Waals surface area contributed by atoms with Crippen molar-refractivity contribution >= 4 is 41.1 Å². The molecule has 0 aliphatic carbocycles. The van der Waals surface area contributed by atoms with Gasteiger partial charge in [0.1, 0.15) is 5.25 Å². The highest BCUT2D eigenvalue weighted by atomic mass is 35.5. The van der Waals surface area contributed by atoms with Gasteiger partial charge in [0.25, 0.3) is 5.91 Å². The normalized spacial score (nSPS) is 12.1. The number of benzene rings is 2. The Balaban J connectivity index is 1.65. The van der Waals surface area contributed by atoms with Crippen LogP contribution in [0.4, 0.5) is 19.0 Å². The Hall–Kier alpha value is -3.04. The van der Waals surface area contributed by atoms with Crippen molar-refractivity contribution in [1.29, 1.82) is 0 Å². The zero-order chi connectivity index (χ0) is 23.1. The number of amides is 1. The molecule has 1 aromatic heterocycles. The molecule has 10 heteroatoms. The number of nitrogens with zero attached hydrogens (tertiary/aromatic N) is 1. The van der Waals surface area contributed by atoms with Crippen LogP contribution in [0.3, 0.4) is 0 Å². The first-order valence-corrected chi connectivity index (χ1v) is 10.5. The van der Waals surface area contributed by atoms with E-state index in [1.165, 1.54) is 11.8 Å². The Labute approximate surface area is 190 Å². The second kappa shape index (κ2) is 10.5. The SMILES string of the molecule is O=C(COC(=O)[C@@H](Sc1ccccc1)c1ccccc1)Nc1ncc(C(F)(F)F)cc1Cl. The molecule has 0 saturated carbocycles. The highest BCUT2D eigenvalue weighted by Gasteiger charge is 2.32. The lowest BCUT2D eigenvalue weighted by Gasteiger charge is -2.16. The van der Waals surface area contributed by atoms with E-state index in [-0.39, 0.29) is 10.8 Å². The van der Waals surface area contributed by atoms with E-state index in [0.717, 1.165) is 4.90 Å². The number of carbonyl (C=O) groups excluding carboxylic acids is 2. The van der Waals surface area contributed by atoms with Crippen LogP contribution in [0.1, 0.15) is 16.4 Å². The second-order valence-electron chi connectivity index (χ2n) is 6.43. The largest absolute Gasteiger partial charge is 0.454 e. The zero-order valence-corrected chi connectivity index (χ0v) is 17.9. The van der Waals surface area contributed by atoms with Gasteiger partial charge in [-0.3, -0.25) is 9.59 Å². The van der Waals surface area contributed by atoms with E-state index in [0.29, 0.717) is 17.8 Å². The predicted octanol–water partition coefficient (Wildman–Crippen LogP) is 5.77. The first-order valence-electron chi connectivity index (χ1n) is 9.20. The molecule has 0 spiro atoms. The number of rotatable bonds is 7. The smallest absolute Gasteiger partial charge is 0.417 e. The van der Waals surface area contributed by atoms with Gasteiger partial charge >= 0.3 is 12.1 Å². The highest BCUT2D eigenvalue weighted by molar-refractivity contribution is 8.00. The van der Waals surface area contributed by atoms with Crippen LogP contribution in [0, 0.1) is 0 Å². The summed E-state index contributed by atoms with van der Waals surface area (Å²) in [5, 5.41) is 1.13. The van der Waals surface area contributed by atoms with Crippen molar-refractivity contribution in [2.24, 2.45) is 0 Å². The number of carbonyl (C=O) groups is 2. The molecule has 0 aliphatic heterocycles. The fourth-order valence-corrected chi connectivity index (χ4v) is 3.84. The van der Waals surface area contributed by atoms with Crippen LogP contribution in [0.25, 0.3) is 0 Å². The topological polar surface area (TPSA) is 68.3 Å². The van der Waals surface area contributed by atoms with E-state index < -0.39 is 35.5 Å². The third-order valence-corrected chi connectivity index (χ3v) is 5.62. The van der Waals surface area contributed by atoms with Crippen molar-refractivity contribution in [1.82, 2.24) is 4.98 Å². The molecule has 0 fully saturated rings. The van der Waals surface area contributed by atoms with Crippen molar-refractivity contribution in [2.45, 2.75) is 16.3 Å². The molecule has 5 nitrogen and oxygen atoms in total. The molecule has 1 amide bonds. The Bertz CT molecular complexity index is 1080. The molecule has 1 atom stereocenters. The highest BCUT2D eigenvalue weighted by Crippen LogP contribution is 2.36. The molecule has 32 heavy (non-hydrogen) atoms. The molecule has 0 saturated heterocycles. The molecular formula is C22H16ClF3N2O3S. The number of anilines is 1. The summed E-state index contributed by atoms with van der Waals surface area (Å²) in [6, 6.07) is 18.8. The molecule has 0 aliphatic rings. The van der Waals surface area contributed by atoms with Gasteiger partial charge in [-0.15, -0.1) is 11.8 Å². The summed E-state index contributed by atoms with van der Waals surface area (Å²) in [6.07, 6.45) is -4.06. The quantitative estimate of drug-likeness (QED) is 0.343. The first-order chi connectivity index (χ1) is 15.2. The summed E-state index contributed by atoms with van der Waals surface area (Å²) in [4.78, 5) is 29.2. The third kappa shape index (κ3) is 6.48. The van der Waals surface area contributed by atoms with Crippen molar-refractivity contribution in [3.05, 3.63) is 89.1 Å². The lowest BCUT2D eigenvalue weighted by molar-refractivity contribution is -0.146. The summed E-state index contributed by atoms with van der Waals surface area (Å²) < 4.78 is 43.3. The van der Waals surface area contributed by atoms with Gasteiger partial charge in [-0.2, -0.15) is 13.2 Å². The number of aromatic nitrogens is 1. The zero-order valence-electron chi connectivity index (χ0n) is 16.3. The maximum absolute atomic E-state index is 12.7. The van der Waals surface area contributed by atoms with Crippen molar-refractivity contribution in [3.63, 3.8) is 0 Å². The van der Waals surface area contributed by atoms with E-state index in [2.05, 4.69) is 10.3 Å². The Morgan fingerprint density at radius 2 is 1.69 bits per heavy atom. The number of hydrogen-bond acceptors (Lipinski definition) is 5. The van der Waals surface area contributed by atoms with Crippen LogP contribution in [0.2, 0.25) is 5.02 Å².